The third-order valence-corrected chi connectivity index (χ3v) is 5.35. The van der Waals surface area contributed by atoms with E-state index >= 15 is 0 Å². The van der Waals surface area contributed by atoms with E-state index in [4.69, 9.17) is 0 Å². The molecule has 7 heteroatoms. The minimum atomic E-state index is -3.68. The van der Waals surface area contributed by atoms with Crippen LogP contribution in [-0.4, -0.2) is 35.4 Å². The normalized spacial score (nSPS) is 12.6. The Kier molecular flexibility index (Phi) is 4.76. The van der Waals surface area contributed by atoms with Crippen LogP contribution in [0.5, 0.6) is 0 Å². The molecule has 0 bridgehead atoms. The molecule has 1 aromatic rings. The van der Waals surface area contributed by atoms with Crippen LogP contribution in [0, 0.1) is 20.8 Å². The second kappa shape index (κ2) is 5.60. The molecule has 0 saturated heterocycles. The quantitative estimate of drug-likeness (QED) is 0.877. The minimum absolute atomic E-state index is 0.117. The number of benzene rings is 1. The first-order valence-corrected chi connectivity index (χ1v) is 9.32. The van der Waals surface area contributed by atoms with Gasteiger partial charge in [-0.15, -0.1) is 0 Å². The van der Waals surface area contributed by atoms with Crippen molar-refractivity contribution < 1.29 is 16.8 Å². The molecule has 108 valence electrons. The maximum Gasteiger partial charge on any atom is 0.241 e. The van der Waals surface area contributed by atoms with E-state index in [1.807, 2.05) is 6.92 Å². The van der Waals surface area contributed by atoms with Crippen LogP contribution in [0.4, 0.5) is 0 Å². The summed E-state index contributed by atoms with van der Waals surface area (Å²) in [5, 5.41) is 0. The van der Waals surface area contributed by atoms with Gasteiger partial charge in [0.2, 0.25) is 10.0 Å². The fourth-order valence-electron chi connectivity index (χ4n) is 2.02. The van der Waals surface area contributed by atoms with Gasteiger partial charge >= 0.3 is 0 Å². The lowest BCUT2D eigenvalue weighted by molar-refractivity contribution is 0.581. The van der Waals surface area contributed by atoms with Crippen LogP contribution in [0.1, 0.15) is 16.7 Å². The summed E-state index contributed by atoms with van der Waals surface area (Å²) in [6, 6.07) is 3.58. The first-order valence-electron chi connectivity index (χ1n) is 5.78. The number of sulfonamides is 1. The number of sulfone groups is 1. The Hall–Kier alpha value is -0.920. The molecule has 0 atom stereocenters. The first kappa shape index (κ1) is 16.1. The van der Waals surface area contributed by atoms with Crippen LogP contribution < -0.4 is 4.72 Å². The van der Waals surface area contributed by atoms with Crippen molar-refractivity contribution in [3.05, 3.63) is 28.8 Å². The predicted octanol–water partition coefficient (Wildman–Crippen LogP) is 0.935. The summed E-state index contributed by atoms with van der Waals surface area (Å²) >= 11 is 0. The Morgan fingerprint density at radius 3 is 1.89 bits per heavy atom. The Balaban J connectivity index is 3.02. The summed E-state index contributed by atoms with van der Waals surface area (Å²) in [6.07, 6.45) is 1.07. The largest absolute Gasteiger partial charge is 0.241 e. The highest BCUT2D eigenvalue weighted by Crippen LogP contribution is 2.21. The molecule has 0 amide bonds. The molecular weight excluding hydrogens is 286 g/mol. The van der Waals surface area contributed by atoms with E-state index in [1.54, 1.807) is 26.0 Å². The Labute approximate surface area is 115 Å². The van der Waals surface area contributed by atoms with Gasteiger partial charge in [-0.1, -0.05) is 17.7 Å². The average molecular weight is 305 g/mol. The van der Waals surface area contributed by atoms with Crippen molar-refractivity contribution in [1.82, 2.24) is 4.72 Å². The lowest BCUT2D eigenvalue weighted by atomic mass is 10.1. The minimum Gasteiger partial charge on any atom is -0.229 e. The molecule has 0 spiro atoms. The molecule has 1 N–H and O–H groups in total. The molecule has 19 heavy (non-hydrogen) atoms. The first-order chi connectivity index (χ1) is 8.53. The van der Waals surface area contributed by atoms with Gasteiger partial charge in [0.25, 0.3) is 0 Å². The lowest BCUT2D eigenvalue weighted by Crippen LogP contribution is -2.30. The molecule has 0 radical (unpaired) electrons. The molecule has 0 aliphatic rings. The van der Waals surface area contributed by atoms with E-state index in [0.717, 1.165) is 11.8 Å². The number of rotatable bonds is 5. The van der Waals surface area contributed by atoms with Gasteiger partial charge in [0.05, 0.1) is 10.6 Å². The zero-order chi connectivity index (χ0) is 14.8. The van der Waals surface area contributed by atoms with Gasteiger partial charge in [-0.2, -0.15) is 0 Å². The third-order valence-electron chi connectivity index (χ3n) is 2.64. The molecule has 0 aliphatic heterocycles. The molecule has 0 unspecified atom stereocenters. The maximum absolute atomic E-state index is 12.2. The zero-order valence-electron chi connectivity index (χ0n) is 11.5. The van der Waals surface area contributed by atoms with Gasteiger partial charge < -0.3 is 0 Å². The predicted molar refractivity (Wildman–Crippen MR) is 75.6 cm³/mol. The number of aryl methyl sites for hydroxylation is 3. The van der Waals surface area contributed by atoms with Crippen LogP contribution in [0.2, 0.25) is 0 Å². The Bertz CT molecular complexity index is 653. The standard InChI is InChI=1S/C12H19NO4S2/c1-9-7-10(2)12(11(3)8-9)19(16,17)13-5-6-18(4,14)15/h7-8,13H,5-6H2,1-4H3. The fourth-order valence-corrected chi connectivity index (χ4v) is 4.11. The number of hydrogen-bond donors (Lipinski definition) is 1. The molecule has 0 saturated carbocycles. The van der Waals surface area contributed by atoms with Gasteiger partial charge in [-0.05, 0) is 31.9 Å². The van der Waals surface area contributed by atoms with Gasteiger partial charge in [-0.25, -0.2) is 21.6 Å². The lowest BCUT2D eigenvalue weighted by Gasteiger charge is -2.12. The highest BCUT2D eigenvalue weighted by molar-refractivity contribution is 7.91. The summed E-state index contributed by atoms with van der Waals surface area (Å²) in [5.74, 6) is -0.212. The smallest absolute Gasteiger partial charge is 0.229 e. The van der Waals surface area contributed by atoms with E-state index in [9.17, 15) is 16.8 Å². The van der Waals surface area contributed by atoms with Crippen molar-refractivity contribution in [2.75, 3.05) is 18.6 Å². The second-order valence-corrected chi connectivity index (χ2v) is 8.72. The molecular formula is C12H19NO4S2. The zero-order valence-corrected chi connectivity index (χ0v) is 13.2. The highest BCUT2D eigenvalue weighted by Gasteiger charge is 2.19. The van der Waals surface area contributed by atoms with E-state index in [-0.39, 0.29) is 17.2 Å². The van der Waals surface area contributed by atoms with Gasteiger partial charge in [-0.3, -0.25) is 0 Å². The molecule has 0 heterocycles. The highest BCUT2D eigenvalue weighted by atomic mass is 32.2. The molecule has 0 aromatic heterocycles. The van der Waals surface area contributed by atoms with Crippen molar-refractivity contribution in [3.63, 3.8) is 0 Å². The number of hydrogen-bond acceptors (Lipinski definition) is 4. The van der Waals surface area contributed by atoms with Crippen molar-refractivity contribution in [2.24, 2.45) is 0 Å². The van der Waals surface area contributed by atoms with Crippen LogP contribution in [-0.2, 0) is 19.9 Å². The second-order valence-electron chi connectivity index (χ2n) is 4.76. The summed E-state index contributed by atoms with van der Waals surface area (Å²) in [6.45, 7) is 5.23. The summed E-state index contributed by atoms with van der Waals surface area (Å²) in [5.41, 5.74) is 2.30. The van der Waals surface area contributed by atoms with Crippen molar-refractivity contribution in [1.29, 1.82) is 0 Å². The SMILES string of the molecule is Cc1cc(C)c(S(=O)(=O)NCCS(C)(=O)=O)c(C)c1. The van der Waals surface area contributed by atoms with E-state index in [0.29, 0.717) is 11.1 Å². The van der Waals surface area contributed by atoms with E-state index in [2.05, 4.69) is 4.72 Å². The molecule has 5 nitrogen and oxygen atoms in total. The van der Waals surface area contributed by atoms with Gasteiger partial charge in [0.15, 0.2) is 0 Å². The van der Waals surface area contributed by atoms with Crippen molar-refractivity contribution in [2.45, 2.75) is 25.7 Å². The van der Waals surface area contributed by atoms with Gasteiger partial charge in [0, 0.05) is 12.8 Å². The van der Waals surface area contributed by atoms with Crippen molar-refractivity contribution in [3.8, 4) is 0 Å². The average Bonchev–Trinajstić information content (AvgIpc) is 2.11. The summed E-state index contributed by atoms with van der Waals surface area (Å²) in [4.78, 5) is 0.228. The fraction of sp³-hybridized carbons (Fsp3) is 0.500. The molecule has 1 aromatic carbocycles. The van der Waals surface area contributed by atoms with Crippen LogP contribution in [0.25, 0.3) is 0 Å². The van der Waals surface area contributed by atoms with Crippen molar-refractivity contribution >= 4 is 19.9 Å². The van der Waals surface area contributed by atoms with Gasteiger partial charge in [0.1, 0.15) is 9.84 Å². The summed E-state index contributed by atoms with van der Waals surface area (Å²) < 4.78 is 48.7. The number of nitrogens with one attached hydrogen (secondary N) is 1. The Morgan fingerprint density at radius 2 is 1.47 bits per heavy atom. The third kappa shape index (κ3) is 4.59. The van der Waals surface area contributed by atoms with E-state index in [1.165, 1.54) is 0 Å². The topological polar surface area (TPSA) is 80.3 Å². The summed E-state index contributed by atoms with van der Waals surface area (Å²) in [7, 11) is -6.86. The maximum atomic E-state index is 12.2. The molecule has 0 aliphatic carbocycles. The Morgan fingerprint density at radius 1 is 1.00 bits per heavy atom. The van der Waals surface area contributed by atoms with Crippen LogP contribution in [0.15, 0.2) is 17.0 Å². The molecule has 0 fully saturated rings. The monoisotopic (exact) mass is 305 g/mol. The molecule has 1 rings (SSSR count). The van der Waals surface area contributed by atoms with E-state index < -0.39 is 19.9 Å². The van der Waals surface area contributed by atoms with Crippen LogP contribution in [0.3, 0.4) is 0 Å². The van der Waals surface area contributed by atoms with Crippen LogP contribution >= 0.6 is 0 Å².